The van der Waals surface area contributed by atoms with Gasteiger partial charge in [-0.05, 0) is 97.1 Å². The van der Waals surface area contributed by atoms with Gasteiger partial charge in [0.1, 0.15) is 0 Å². The molecule has 0 fully saturated rings. The van der Waals surface area contributed by atoms with E-state index in [1.54, 1.807) is 0 Å². The Balaban J connectivity index is 3.79. The van der Waals surface area contributed by atoms with Crippen LogP contribution in [0.15, 0.2) is 72.9 Å². The Morgan fingerprint density at radius 2 is 0.814 bits per heavy atom. The van der Waals surface area contributed by atoms with Crippen LogP contribution in [0.2, 0.25) is 0 Å². The highest BCUT2D eigenvalue weighted by atomic mass is 16.5. The van der Waals surface area contributed by atoms with Gasteiger partial charge in [0, 0.05) is 6.61 Å². The highest BCUT2D eigenvalue weighted by Crippen LogP contribution is 2.17. The first-order chi connectivity index (χ1) is 21.3. The molecule has 43 heavy (non-hydrogen) atoms. The number of hydrogen-bond donors (Lipinski definition) is 1. The van der Waals surface area contributed by atoms with Crippen molar-refractivity contribution < 1.29 is 4.74 Å². The second-order valence-electron chi connectivity index (χ2n) is 11.9. The molecule has 0 rings (SSSR count). The van der Waals surface area contributed by atoms with Crippen LogP contribution < -0.4 is 5.32 Å². The van der Waals surface area contributed by atoms with Crippen molar-refractivity contribution in [1.29, 1.82) is 0 Å². The quantitative estimate of drug-likeness (QED) is 0.0602. The molecule has 0 bridgehead atoms. The summed E-state index contributed by atoms with van der Waals surface area (Å²) in [7, 11) is 2.03. The topological polar surface area (TPSA) is 21.3 Å². The molecule has 0 unspecified atom stereocenters. The lowest BCUT2D eigenvalue weighted by Crippen LogP contribution is -2.17. The fourth-order valence-corrected chi connectivity index (χ4v) is 5.15. The summed E-state index contributed by atoms with van der Waals surface area (Å²) in [6, 6.07) is 0. The van der Waals surface area contributed by atoms with E-state index in [1.165, 1.54) is 103 Å². The van der Waals surface area contributed by atoms with E-state index >= 15 is 0 Å². The van der Waals surface area contributed by atoms with Crippen LogP contribution in [0.4, 0.5) is 0 Å². The minimum atomic E-state index is 0.473. The molecule has 0 saturated carbocycles. The second-order valence-corrected chi connectivity index (χ2v) is 11.9. The van der Waals surface area contributed by atoms with Gasteiger partial charge in [0.05, 0.1) is 6.10 Å². The zero-order chi connectivity index (χ0) is 31.2. The summed E-state index contributed by atoms with van der Waals surface area (Å²) in [5.74, 6) is 0. The maximum absolute atomic E-state index is 6.32. The molecule has 0 heterocycles. The Kier molecular flexibility index (Phi) is 36.9. The zero-order valence-electron chi connectivity index (χ0n) is 29.1. The third-order valence-electron chi connectivity index (χ3n) is 7.78. The summed E-state index contributed by atoms with van der Waals surface area (Å²) in [5.41, 5.74) is 0. The summed E-state index contributed by atoms with van der Waals surface area (Å²) in [6.45, 7) is 6.33. The van der Waals surface area contributed by atoms with Crippen LogP contribution in [0, 0.1) is 0 Å². The fraction of sp³-hybridized carbons (Fsp3) is 0.707. The highest BCUT2D eigenvalue weighted by molar-refractivity contribution is 4.98. The number of unbranched alkanes of at least 4 members (excludes halogenated alkanes) is 12. The third kappa shape index (κ3) is 36.5. The lowest BCUT2D eigenvalue weighted by molar-refractivity contribution is 0.0370. The van der Waals surface area contributed by atoms with Crippen LogP contribution in [-0.2, 0) is 4.74 Å². The first kappa shape index (κ1) is 41.4. The van der Waals surface area contributed by atoms with Crippen LogP contribution in [0.3, 0.4) is 0 Å². The average molecular weight is 596 g/mol. The Hall–Kier alpha value is -1.64. The average Bonchev–Trinajstić information content (AvgIpc) is 3.02. The van der Waals surface area contributed by atoms with Crippen molar-refractivity contribution >= 4 is 0 Å². The van der Waals surface area contributed by atoms with Gasteiger partial charge in [-0.1, -0.05) is 151 Å². The van der Waals surface area contributed by atoms with Crippen LogP contribution in [0.1, 0.15) is 162 Å². The van der Waals surface area contributed by atoms with Crippen molar-refractivity contribution in [2.24, 2.45) is 0 Å². The first-order valence-corrected chi connectivity index (χ1v) is 18.5. The molecule has 248 valence electrons. The molecule has 2 nitrogen and oxygen atoms in total. The molecule has 0 aliphatic heterocycles. The van der Waals surface area contributed by atoms with Gasteiger partial charge in [-0.15, -0.1) is 0 Å². The largest absolute Gasteiger partial charge is 0.378 e. The fourth-order valence-electron chi connectivity index (χ4n) is 5.15. The molecule has 0 aromatic heterocycles. The van der Waals surface area contributed by atoms with Crippen molar-refractivity contribution in [3.05, 3.63) is 72.9 Å². The summed E-state index contributed by atoms with van der Waals surface area (Å²) in [6.07, 6.45) is 56.9. The molecule has 0 saturated heterocycles. The number of allylic oxidation sites excluding steroid dienone is 12. The Morgan fingerprint density at radius 1 is 0.442 bits per heavy atom. The molecule has 0 aromatic rings. The van der Waals surface area contributed by atoms with Gasteiger partial charge in [-0.3, -0.25) is 0 Å². The Morgan fingerprint density at radius 3 is 1.23 bits per heavy atom. The SMILES string of the molecule is CC/C=C\C/C=C\C/C=C\CCCCCCCCC(CCCCCCCC/C=C\C/C=C\C/C=C\CC)OCCCNC. The third-order valence-corrected chi connectivity index (χ3v) is 7.78. The van der Waals surface area contributed by atoms with Gasteiger partial charge < -0.3 is 10.1 Å². The number of hydrogen-bond acceptors (Lipinski definition) is 2. The van der Waals surface area contributed by atoms with Crippen LogP contribution >= 0.6 is 0 Å². The molecule has 0 aliphatic carbocycles. The zero-order valence-corrected chi connectivity index (χ0v) is 29.1. The maximum atomic E-state index is 6.32. The molecule has 0 aliphatic rings. The molecule has 0 aromatic carbocycles. The molecule has 1 N–H and O–H groups in total. The lowest BCUT2D eigenvalue weighted by atomic mass is 10.0. The summed E-state index contributed by atoms with van der Waals surface area (Å²) < 4.78 is 6.32. The lowest BCUT2D eigenvalue weighted by Gasteiger charge is -2.18. The van der Waals surface area contributed by atoms with Crippen molar-refractivity contribution in [3.63, 3.8) is 0 Å². The van der Waals surface area contributed by atoms with Crippen molar-refractivity contribution in [2.45, 2.75) is 168 Å². The summed E-state index contributed by atoms with van der Waals surface area (Å²) in [5, 5.41) is 3.25. The highest BCUT2D eigenvalue weighted by Gasteiger charge is 2.09. The summed E-state index contributed by atoms with van der Waals surface area (Å²) >= 11 is 0. The maximum Gasteiger partial charge on any atom is 0.0575 e. The standard InChI is InChI=1S/C41H73NO/c1-4-6-8-10-12-14-16-18-20-22-24-26-28-30-32-34-37-41(43-40-36-39-42-3)38-35-33-31-29-27-25-23-21-19-17-15-13-11-9-7-5-2/h6-9,12-15,18-21,41-42H,4-5,10-11,16-17,22-40H2,1-3H3/b8-6-,9-7-,14-12-,15-13-,20-18-,21-19-. The van der Waals surface area contributed by atoms with Gasteiger partial charge in [-0.25, -0.2) is 0 Å². The van der Waals surface area contributed by atoms with Gasteiger partial charge in [0.2, 0.25) is 0 Å². The van der Waals surface area contributed by atoms with Crippen LogP contribution in [0.5, 0.6) is 0 Å². The van der Waals surface area contributed by atoms with Gasteiger partial charge in [0.25, 0.3) is 0 Å². The van der Waals surface area contributed by atoms with E-state index < -0.39 is 0 Å². The van der Waals surface area contributed by atoms with E-state index in [1.807, 2.05) is 7.05 Å². The molecule has 0 radical (unpaired) electrons. The molecular weight excluding hydrogens is 522 g/mol. The smallest absolute Gasteiger partial charge is 0.0575 e. The number of rotatable bonds is 33. The minimum absolute atomic E-state index is 0.473. The van der Waals surface area contributed by atoms with Crippen molar-refractivity contribution in [2.75, 3.05) is 20.2 Å². The normalized spacial score (nSPS) is 12.8. The van der Waals surface area contributed by atoms with E-state index in [4.69, 9.17) is 4.74 Å². The van der Waals surface area contributed by atoms with Crippen LogP contribution in [-0.4, -0.2) is 26.3 Å². The first-order valence-electron chi connectivity index (χ1n) is 18.5. The predicted octanol–water partition coefficient (Wildman–Crippen LogP) is 12.9. The molecule has 0 spiro atoms. The van der Waals surface area contributed by atoms with E-state index in [-0.39, 0.29) is 0 Å². The van der Waals surface area contributed by atoms with Gasteiger partial charge in [-0.2, -0.15) is 0 Å². The Labute approximate surface area is 270 Å². The van der Waals surface area contributed by atoms with Crippen molar-refractivity contribution in [1.82, 2.24) is 5.32 Å². The minimum Gasteiger partial charge on any atom is -0.378 e. The molecule has 0 atom stereocenters. The molecule has 2 heteroatoms. The number of nitrogens with one attached hydrogen (secondary N) is 1. The monoisotopic (exact) mass is 596 g/mol. The van der Waals surface area contributed by atoms with Gasteiger partial charge in [0.15, 0.2) is 0 Å². The summed E-state index contributed by atoms with van der Waals surface area (Å²) in [4.78, 5) is 0. The van der Waals surface area contributed by atoms with E-state index in [0.717, 1.165) is 58.1 Å². The van der Waals surface area contributed by atoms with E-state index in [2.05, 4.69) is 92.1 Å². The number of ether oxygens (including phenoxy) is 1. The van der Waals surface area contributed by atoms with E-state index in [0.29, 0.717) is 6.10 Å². The van der Waals surface area contributed by atoms with Crippen molar-refractivity contribution in [3.8, 4) is 0 Å². The molecule has 0 amide bonds. The van der Waals surface area contributed by atoms with Crippen LogP contribution in [0.25, 0.3) is 0 Å². The van der Waals surface area contributed by atoms with E-state index in [9.17, 15) is 0 Å². The molecular formula is C41H73NO. The Bertz CT molecular complexity index is 644. The van der Waals surface area contributed by atoms with Gasteiger partial charge >= 0.3 is 0 Å². The second kappa shape index (κ2) is 38.4. The predicted molar refractivity (Wildman–Crippen MR) is 196 cm³/mol.